The molecule has 3 N–H and O–H groups in total. The van der Waals surface area contributed by atoms with Gasteiger partial charge in [0.25, 0.3) is 0 Å². The van der Waals surface area contributed by atoms with Gasteiger partial charge in [0.05, 0.1) is 0 Å². The molecule has 3 aromatic carbocycles. The van der Waals surface area contributed by atoms with Crippen molar-refractivity contribution < 1.29 is 15.3 Å². The van der Waals surface area contributed by atoms with Gasteiger partial charge in [0.1, 0.15) is 17.1 Å². The van der Waals surface area contributed by atoms with Gasteiger partial charge >= 0.3 is 0 Å². The van der Waals surface area contributed by atoms with Crippen molar-refractivity contribution >= 4 is 0 Å². The van der Waals surface area contributed by atoms with Crippen molar-refractivity contribution in [3.05, 3.63) is 95.1 Å². The number of rotatable bonds is 4. The van der Waals surface area contributed by atoms with Gasteiger partial charge in [-0.2, -0.15) is 0 Å². The van der Waals surface area contributed by atoms with E-state index in [9.17, 15) is 15.3 Å². The Morgan fingerprint density at radius 1 is 0.792 bits per heavy atom. The molecule has 0 aliphatic heterocycles. The standard InChI is InChI=1S/C21H20O3/c1-15-12-20(23)18(13-19(15)22)21(24,17-10-6-3-7-11-17)14-16-8-4-2-5-9-16/h2-13,22-24H,14H2,1H3. The third-order valence-corrected chi connectivity index (χ3v) is 4.31. The van der Waals surface area contributed by atoms with E-state index in [0.717, 1.165) is 5.56 Å². The van der Waals surface area contributed by atoms with Crippen molar-refractivity contribution in [1.82, 2.24) is 0 Å². The summed E-state index contributed by atoms with van der Waals surface area (Å²) in [7, 11) is 0. The molecule has 3 nitrogen and oxygen atoms in total. The van der Waals surface area contributed by atoms with Crippen molar-refractivity contribution in [1.29, 1.82) is 0 Å². The second-order valence-corrected chi connectivity index (χ2v) is 6.04. The SMILES string of the molecule is Cc1cc(O)c(C(O)(Cc2ccccc2)c2ccccc2)cc1O. The first-order valence-corrected chi connectivity index (χ1v) is 7.85. The van der Waals surface area contributed by atoms with Crippen molar-refractivity contribution in [2.75, 3.05) is 0 Å². The maximum Gasteiger partial charge on any atom is 0.122 e. The highest BCUT2D eigenvalue weighted by molar-refractivity contribution is 5.51. The number of phenols is 2. The van der Waals surface area contributed by atoms with Gasteiger partial charge in [-0.15, -0.1) is 0 Å². The first-order chi connectivity index (χ1) is 11.5. The summed E-state index contributed by atoms with van der Waals surface area (Å²) in [6.07, 6.45) is 0.286. The second-order valence-electron chi connectivity index (χ2n) is 6.04. The van der Waals surface area contributed by atoms with Gasteiger partial charge in [-0.25, -0.2) is 0 Å². The largest absolute Gasteiger partial charge is 0.508 e. The summed E-state index contributed by atoms with van der Waals surface area (Å²) >= 11 is 0. The summed E-state index contributed by atoms with van der Waals surface area (Å²) in [5.41, 5.74) is 1.00. The molecule has 0 radical (unpaired) electrons. The van der Waals surface area contributed by atoms with Crippen LogP contribution in [-0.4, -0.2) is 15.3 Å². The Labute approximate surface area is 141 Å². The maximum absolute atomic E-state index is 11.5. The number of benzene rings is 3. The monoisotopic (exact) mass is 320 g/mol. The van der Waals surface area contributed by atoms with Crippen LogP contribution in [0.15, 0.2) is 72.8 Å². The molecule has 0 saturated heterocycles. The van der Waals surface area contributed by atoms with E-state index < -0.39 is 5.60 Å². The molecule has 0 aliphatic carbocycles. The lowest BCUT2D eigenvalue weighted by Crippen LogP contribution is -2.30. The third-order valence-electron chi connectivity index (χ3n) is 4.31. The topological polar surface area (TPSA) is 60.7 Å². The van der Waals surface area contributed by atoms with Gasteiger partial charge in [-0.1, -0.05) is 60.7 Å². The highest BCUT2D eigenvalue weighted by atomic mass is 16.3. The van der Waals surface area contributed by atoms with Crippen molar-refractivity contribution in [2.45, 2.75) is 18.9 Å². The van der Waals surface area contributed by atoms with E-state index in [1.165, 1.54) is 12.1 Å². The lowest BCUT2D eigenvalue weighted by molar-refractivity contribution is 0.0780. The van der Waals surface area contributed by atoms with Crippen LogP contribution in [0, 0.1) is 6.92 Å². The molecular weight excluding hydrogens is 300 g/mol. The maximum atomic E-state index is 11.5. The molecule has 0 spiro atoms. The molecule has 0 amide bonds. The Bertz CT molecular complexity index is 828. The molecule has 0 aliphatic rings. The summed E-state index contributed by atoms with van der Waals surface area (Å²) in [4.78, 5) is 0. The Morgan fingerprint density at radius 3 is 2.00 bits per heavy atom. The minimum atomic E-state index is -1.45. The van der Waals surface area contributed by atoms with Gasteiger partial charge in [0.15, 0.2) is 0 Å². The third kappa shape index (κ3) is 2.99. The zero-order chi connectivity index (χ0) is 17.2. The fourth-order valence-electron chi connectivity index (χ4n) is 2.97. The van der Waals surface area contributed by atoms with E-state index in [2.05, 4.69) is 0 Å². The van der Waals surface area contributed by atoms with Crippen LogP contribution in [0.25, 0.3) is 0 Å². The Morgan fingerprint density at radius 2 is 1.38 bits per heavy atom. The molecule has 1 unspecified atom stereocenters. The van der Waals surface area contributed by atoms with Crippen LogP contribution in [0.4, 0.5) is 0 Å². The number of phenolic OH excluding ortho intramolecular Hbond substituents is 2. The van der Waals surface area contributed by atoms with Crippen molar-refractivity contribution in [2.24, 2.45) is 0 Å². The molecule has 3 heteroatoms. The fourth-order valence-corrected chi connectivity index (χ4v) is 2.97. The molecule has 0 fully saturated rings. The zero-order valence-corrected chi connectivity index (χ0v) is 13.5. The predicted octanol–water partition coefficient (Wildman–Crippen LogP) is 3.88. The quantitative estimate of drug-likeness (QED) is 0.639. The average Bonchev–Trinajstić information content (AvgIpc) is 2.59. The Balaban J connectivity index is 2.18. The average molecular weight is 320 g/mol. The summed E-state index contributed by atoms with van der Waals surface area (Å²) in [5.74, 6) is 0.0119. The molecule has 122 valence electrons. The summed E-state index contributed by atoms with van der Waals surface area (Å²) in [5, 5.41) is 32.0. The van der Waals surface area contributed by atoms with E-state index in [-0.39, 0.29) is 17.9 Å². The van der Waals surface area contributed by atoms with E-state index in [1.807, 2.05) is 60.7 Å². The minimum Gasteiger partial charge on any atom is -0.508 e. The molecular formula is C21H20O3. The molecule has 1 atom stereocenters. The van der Waals surface area contributed by atoms with E-state index in [1.54, 1.807) is 6.92 Å². The minimum absolute atomic E-state index is 0.0346. The number of hydrogen-bond acceptors (Lipinski definition) is 3. The molecule has 0 aromatic heterocycles. The van der Waals surface area contributed by atoms with E-state index in [0.29, 0.717) is 16.7 Å². The fraction of sp³-hybridized carbons (Fsp3) is 0.143. The highest BCUT2D eigenvalue weighted by Crippen LogP contribution is 2.40. The number of aliphatic hydroxyl groups is 1. The Hall–Kier alpha value is -2.78. The molecule has 3 rings (SSSR count). The van der Waals surface area contributed by atoms with Crippen LogP contribution < -0.4 is 0 Å². The number of aryl methyl sites for hydroxylation is 1. The zero-order valence-electron chi connectivity index (χ0n) is 13.5. The number of aromatic hydroxyl groups is 2. The lowest BCUT2D eigenvalue weighted by Gasteiger charge is -2.30. The van der Waals surface area contributed by atoms with E-state index in [4.69, 9.17) is 0 Å². The first kappa shape index (κ1) is 16.1. The lowest BCUT2D eigenvalue weighted by atomic mass is 9.80. The number of hydrogen-bond donors (Lipinski definition) is 3. The normalized spacial score (nSPS) is 13.4. The predicted molar refractivity (Wildman–Crippen MR) is 94.1 cm³/mol. The van der Waals surface area contributed by atoms with Gasteiger partial charge < -0.3 is 15.3 Å². The molecule has 24 heavy (non-hydrogen) atoms. The van der Waals surface area contributed by atoms with Crippen LogP contribution in [0.5, 0.6) is 11.5 Å². The van der Waals surface area contributed by atoms with Crippen molar-refractivity contribution in [3.8, 4) is 11.5 Å². The summed E-state index contributed by atoms with van der Waals surface area (Å²) in [6, 6.07) is 21.7. The van der Waals surface area contributed by atoms with Crippen LogP contribution >= 0.6 is 0 Å². The van der Waals surface area contributed by atoms with Crippen LogP contribution in [0.3, 0.4) is 0 Å². The Kier molecular flexibility index (Phi) is 4.28. The van der Waals surface area contributed by atoms with Gasteiger partial charge in [0, 0.05) is 12.0 Å². The van der Waals surface area contributed by atoms with Crippen LogP contribution in [0.1, 0.15) is 22.3 Å². The van der Waals surface area contributed by atoms with Gasteiger partial charge in [-0.05, 0) is 35.7 Å². The van der Waals surface area contributed by atoms with Crippen molar-refractivity contribution in [3.63, 3.8) is 0 Å². The molecule has 0 saturated carbocycles. The highest BCUT2D eigenvalue weighted by Gasteiger charge is 2.35. The first-order valence-electron chi connectivity index (χ1n) is 7.85. The second kappa shape index (κ2) is 6.38. The van der Waals surface area contributed by atoms with Crippen LogP contribution in [-0.2, 0) is 12.0 Å². The molecule has 3 aromatic rings. The van der Waals surface area contributed by atoms with Gasteiger partial charge in [0.2, 0.25) is 0 Å². The summed E-state index contributed by atoms with van der Waals surface area (Å²) < 4.78 is 0. The molecule has 0 bridgehead atoms. The van der Waals surface area contributed by atoms with E-state index >= 15 is 0 Å². The van der Waals surface area contributed by atoms with Gasteiger partial charge in [-0.3, -0.25) is 0 Å². The smallest absolute Gasteiger partial charge is 0.122 e. The summed E-state index contributed by atoms with van der Waals surface area (Å²) in [6.45, 7) is 1.71. The molecule has 0 heterocycles. The van der Waals surface area contributed by atoms with Crippen LogP contribution in [0.2, 0.25) is 0 Å².